The second-order valence-corrected chi connectivity index (χ2v) is 7.43. The van der Waals surface area contributed by atoms with Crippen LogP contribution >= 0.6 is 0 Å². The van der Waals surface area contributed by atoms with Crippen molar-refractivity contribution in [2.75, 3.05) is 17.3 Å². The van der Waals surface area contributed by atoms with E-state index in [4.69, 9.17) is 5.73 Å². The molecule has 0 aromatic heterocycles. The van der Waals surface area contributed by atoms with Gasteiger partial charge in [-0.3, -0.25) is 0 Å². The summed E-state index contributed by atoms with van der Waals surface area (Å²) in [6.07, 6.45) is 5.56. The largest absolute Gasteiger partial charge is 0.396 e. The summed E-state index contributed by atoms with van der Waals surface area (Å²) in [5, 5.41) is 13.3. The topological polar surface area (TPSA) is 92.4 Å². The zero-order chi connectivity index (χ0) is 14.8. The summed E-state index contributed by atoms with van der Waals surface area (Å²) < 4.78 is 23.3. The van der Waals surface area contributed by atoms with E-state index in [0.29, 0.717) is 5.69 Å². The standard InChI is InChI=1S/C14H22N2O3S/c1-20(18,19)13-9-5-7-11(14(13)15)16-10-6-3-2-4-8-12(10)17/h5,7,9-10,12,16-17H,2-4,6,8,15H2,1H3. The Morgan fingerprint density at radius 2 is 1.95 bits per heavy atom. The van der Waals surface area contributed by atoms with Gasteiger partial charge in [0.2, 0.25) is 0 Å². The Labute approximate surface area is 120 Å². The maximum Gasteiger partial charge on any atom is 0.177 e. The molecule has 1 saturated carbocycles. The van der Waals surface area contributed by atoms with Crippen LogP contribution in [0, 0.1) is 0 Å². The molecule has 0 aliphatic heterocycles. The number of benzene rings is 1. The zero-order valence-corrected chi connectivity index (χ0v) is 12.5. The fourth-order valence-electron chi connectivity index (χ4n) is 2.65. The van der Waals surface area contributed by atoms with Gasteiger partial charge in [-0.05, 0) is 25.0 Å². The van der Waals surface area contributed by atoms with Crippen molar-refractivity contribution < 1.29 is 13.5 Å². The van der Waals surface area contributed by atoms with E-state index < -0.39 is 15.9 Å². The Morgan fingerprint density at radius 1 is 1.25 bits per heavy atom. The number of rotatable bonds is 3. The summed E-state index contributed by atoms with van der Waals surface area (Å²) in [7, 11) is -3.35. The van der Waals surface area contributed by atoms with Crippen molar-refractivity contribution in [1.29, 1.82) is 0 Å². The van der Waals surface area contributed by atoms with Crippen molar-refractivity contribution in [3.8, 4) is 0 Å². The number of anilines is 2. The van der Waals surface area contributed by atoms with Gasteiger partial charge in [-0.25, -0.2) is 8.42 Å². The van der Waals surface area contributed by atoms with Gasteiger partial charge in [0.05, 0.1) is 28.4 Å². The predicted molar refractivity (Wildman–Crippen MR) is 80.5 cm³/mol. The van der Waals surface area contributed by atoms with Crippen LogP contribution in [-0.2, 0) is 9.84 Å². The molecular weight excluding hydrogens is 276 g/mol. The number of nitrogens with two attached hydrogens (primary N) is 1. The number of hydrogen-bond acceptors (Lipinski definition) is 5. The van der Waals surface area contributed by atoms with Crippen LogP contribution in [0.3, 0.4) is 0 Å². The molecule has 0 amide bonds. The maximum absolute atomic E-state index is 11.7. The Balaban J connectivity index is 2.25. The third kappa shape index (κ3) is 3.43. The second-order valence-electron chi connectivity index (χ2n) is 5.45. The number of aliphatic hydroxyl groups excluding tert-OH is 1. The normalized spacial score (nSPS) is 24.1. The third-order valence-corrected chi connectivity index (χ3v) is 4.94. The molecule has 20 heavy (non-hydrogen) atoms. The molecule has 0 saturated heterocycles. The van der Waals surface area contributed by atoms with Gasteiger partial charge in [-0.15, -0.1) is 0 Å². The van der Waals surface area contributed by atoms with E-state index in [0.717, 1.165) is 38.4 Å². The average molecular weight is 298 g/mol. The van der Waals surface area contributed by atoms with Gasteiger partial charge in [0.1, 0.15) is 0 Å². The average Bonchev–Trinajstić information content (AvgIpc) is 2.56. The molecule has 1 fully saturated rings. The number of nitrogen functional groups attached to an aromatic ring is 1. The zero-order valence-electron chi connectivity index (χ0n) is 11.7. The smallest absolute Gasteiger partial charge is 0.177 e. The molecule has 0 radical (unpaired) electrons. The predicted octanol–water partition coefficient (Wildman–Crippen LogP) is 1.78. The highest BCUT2D eigenvalue weighted by molar-refractivity contribution is 7.90. The molecule has 0 heterocycles. The number of sulfone groups is 1. The Hall–Kier alpha value is -1.27. The van der Waals surface area contributed by atoms with Gasteiger partial charge in [-0.1, -0.05) is 25.3 Å². The summed E-state index contributed by atoms with van der Waals surface area (Å²) in [5.74, 6) is 0. The van der Waals surface area contributed by atoms with E-state index >= 15 is 0 Å². The lowest BCUT2D eigenvalue weighted by molar-refractivity contribution is 0.144. The molecule has 0 spiro atoms. The lowest BCUT2D eigenvalue weighted by atomic mass is 10.1. The molecular formula is C14H22N2O3S. The van der Waals surface area contributed by atoms with E-state index in [-0.39, 0.29) is 16.6 Å². The van der Waals surface area contributed by atoms with E-state index in [9.17, 15) is 13.5 Å². The lowest BCUT2D eigenvalue weighted by Gasteiger charge is -2.24. The summed E-state index contributed by atoms with van der Waals surface area (Å²) in [6.45, 7) is 0. The van der Waals surface area contributed by atoms with Crippen LogP contribution in [0.2, 0.25) is 0 Å². The van der Waals surface area contributed by atoms with Crippen LogP contribution < -0.4 is 11.1 Å². The van der Waals surface area contributed by atoms with Crippen molar-refractivity contribution >= 4 is 21.2 Å². The van der Waals surface area contributed by atoms with E-state index in [2.05, 4.69) is 5.32 Å². The van der Waals surface area contributed by atoms with Gasteiger partial charge in [-0.2, -0.15) is 0 Å². The molecule has 1 aliphatic carbocycles. The fourth-order valence-corrected chi connectivity index (χ4v) is 3.48. The van der Waals surface area contributed by atoms with Crippen molar-refractivity contribution in [3.63, 3.8) is 0 Å². The fraction of sp³-hybridized carbons (Fsp3) is 0.571. The maximum atomic E-state index is 11.7. The molecule has 5 nitrogen and oxygen atoms in total. The minimum atomic E-state index is -3.35. The van der Waals surface area contributed by atoms with Gasteiger partial charge < -0.3 is 16.2 Å². The Morgan fingerprint density at radius 3 is 2.65 bits per heavy atom. The molecule has 4 N–H and O–H groups in total. The highest BCUT2D eigenvalue weighted by atomic mass is 32.2. The highest BCUT2D eigenvalue weighted by Crippen LogP contribution is 2.29. The summed E-state index contributed by atoms with van der Waals surface area (Å²) >= 11 is 0. The number of aliphatic hydroxyl groups is 1. The minimum absolute atomic E-state index is 0.0744. The van der Waals surface area contributed by atoms with Crippen LogP contribution in [0.25, 0.3) is 0 Å². The van der Waals surface area contributed by atoms with Gasteiger partial charge in [0, 0.05) is 6.26 Å². The summed E-state index contributed by atoms with van der Waals surface area (Å²) in [5.41, 5.74) is 6.76. The number of para-hydroxylation sites is 1. The van der Waals surface area contributed by atoms with Crippen molar-refractivity contribution in [3.05, 3.63) is 18.2 Å². The number of hydrogen-bond donors (Lipinski definition) is 3. The van der Waals surface area contributed by atoms with Crippen molar-refractivity contribution in [2.45, 2.75) is 49.1 Å². The third-order valence-electron chi connectivity index (χ3n) is 3.79. The van der Waals surface area contributed by atoms with Gasteiger partial charge in [0.15, 0.2) is 9.84 Å². The molecule has 2 rings (SSSR count). The quantitative estimate of drug-likeness (QED) is 0.584. The van der Waals surface area contributed by atoms with Crippen LogP contribution in [0.5, 0.6) is 0 Å². The second kappa shape index (κ2) is 6.01. The molecule has 1 aliphatic rings. The minimum Gasteiger partial charge on any atom is -0.396 e. The Kier molecular flexibility index (Phi) is 4.55. The molecule has 1 aromatic carbocycles. The van der Waals surface area contributed by atoms with Crippen LogP contribution in [0.1, 0.15) is 32.1 Å². The van der Waals surface area contributed by atoms with E-state index in [1.54, 1.807) is 12.1 Å². The Bertz CT molecular complexity index is 572. The monoisotopic (exact) mass is 298 g/mol. The SMILES string of the molecule is CS(=O)(=O)c1cccc(NC2CCCCCC2O)c1N. The number of nitrogens with one attached hydrogen (secondary N) is 1. The van der Waals surface area contributed by atoms with Crippen LogP contribution in [0.4, 0.5) is 11.4 Å². The summed E-state index contributed by atoms with van der Waals surface area (Å²) in [6, 6.07) is 4.84. The first-order valence-corrected chi connectivity index (χ1v) is 8.82. The summed E-state index contributed by atoms with van der Waals surface area (Å²) in [4.78, 5) is 0.130. The van der Waals surface area contributed by atoms with Crippen molar-refractivity contribution in [2.24, 2.45) is 0 Å². The molecule has 0 bridgehead atoms. The molecule has 2 unspecified atom stereocenters. The highest BCUT2D eigenvalue weighted by Gasteiger charge is 2.23. The van der Waals surface area contributed by atoms with Gasteiger partial charge in [0.25, 0.3) is 0 Å². The van der Waals surface area contributed by atoms with E-state index in [1.165, 1.54) is 6.07 Å². The molecule has 1 aromatic rings. The first-order valence-electron chi connectivity index (χ1n) is 6.93. The molecule has 6 heteroatoms. The first-order chi connectivity index (χ1) is 9.39. The van der Waals surface area contributed by atoms with Crippen molar-refractivity contribution in [1.82, 2.24) is 0 Å². The molecule has 112 valence electrons. The van der Waals surface area contributed by atoms with Gasteiger partial charge >= 0.3 is 0 Å². The van der Waals surface area contributed by atoms with Crippen LogP contribution in [0.15, 0.2) is 23.1 Å². The molecule has 2 atom stereocenters. The van der Waals surface area contributed by atoms with Crippen LogP contribution in [-0.4, -0.2) is 31.9 Å². The lowest BCUT2D eigenvalue weighted by Crippen LogP contribution is -2.32. The van der Waals surface area contributed by atoms with E-state index in [1.807, 2.05) is 0 Å². The first kappa shape index (κ1) is 15.1.